The van der Waals surface area contributed by atoms with Crippen molar-refractivity contribution in [1.29, 1.82) is 0 Å². The molecule has 0 radical (unpaired) electrons. The van der Waals surface area contributed by atoms with E-state index in [0.29, 0.717) is 5.75 Å². The molecule has 0 atom stereocenters. The number of methoxy groups -OCH3 is 1. The Kier molecular flexibility index (Phi) is 4.82. The van der Waals surface area contributed by atoms with Crippen molar-refractivity contribution >= 4 is 28.5 Å². The van der Waals surface area contributed by atoms with Crippen molar-refractivity contribution in [3.8, 4) is 11.6 Å². The molecule has 0 unspecified atom stereocenters. The van der Waals surface area contributed by atoms with Gasteiger partial charge in [-0.05, 0) is 36.2 Å². The first-order valence-electron chi connectivity index (χ1n) is 8.36. The van der Waals surface area contributed by atoms with Crippen molar-refractivity contribution in [2.45, 2.75) is 11.1 Å². The molecule has 1 N–H and O–H groups in total. The Bertz CT molecular complexity index is 1150. The molecule has 4 aromatic rings. The molecule has 4 rings (SSSR count). The first-order valence-corrected chi connectivity index (χ1v) is 9.18. The standard InChI is InChI=1S/C18H15F3N6OS/c1-26-9-11-3-5-14(28-2)17(16(11)24-26)25-29-13-4-6-15(22-8-13)27-10-12(7-23-27)18(19,20)21/h3-10,25H,1-2H3. The number of aromatic nitrogens is 5. The number of alkyl halides is 3. The molecule has 29 heavy (non-hydrogen) atoms. The summed E-state index contributed by atoms with van der Waals surface area (Å²) in [7, 11) is 3.42. The normalized spacial score (nSPS) is 11.8. The lowest BCUT2D eigenvalue weighted by Gasteiger charge is -2.11. The molecular weight excluding hydrogens is 405 g/mol. The summed E-state index contributed by atoms with van der Waals surface area (Å²) in [6.07, 6.45) is 0.683. The van der Waals surface area contributed by atoms with Crippen LogP contribution in [-0.2, 0) is 13.2 Å². The average Bonchev–Trinajstić information content (AvgIpc) is 3.32. The van der Waals surface area contributed by atoms with E-state index in [1.54, 1.807) is 30.1 Å². The summed E-state index contributed by atoms with van der Waals surface area (Å²) in [5.41, 5.74) is 0.664. The molecule has 3 aromatic heterocycles. The van der Waals surface area contributed by atoms with Crippen molar-refractivity contribution in [3.05, 3.63) is 54.6 Å². The summed E-state index contributed by atoms with van der Waals surface area (Å²) >= 11 is 1.29. The monoisotopic (exact) mass is 420 g/mol. The van der Waals surface area contributed by atoms with Gasteiger partial charge in [-0.25, -0.2) is 9.67 Å². The van der Waals surface area contributed by atoms with Gasteiger partial charge in [0.2, 0.25) is 0 Å². The van der Waals surface area contributed by atoms with E-state index >= 15 is 0 Å². The zero-order valence-electron chi connectivity index (χ0n) is 15.3. The number of pyridine rings is 1. The molecule has 3 heterocycles. The molecule has 150 valence electrons. The zero-order chi connectivity index (χ0) is 20.6. The molecular formula is C18H15F3N6OS. The largest absolute Gasteiger partial charge is 0.494 e. The number of aryl methyl sites for hydroxylation is 1. The van der Waals surface area contributed by atoms with E-state index in [1.165, 1.54) is 11.9 Å². The quantitative estimate of drug-likeness (QED) is 0.486. The number of hydrogen-bond acceptors (Lipinski definition) is 6. The number of halogens is 3. The van der Waals surface area contributed by atoms with Crippen molar-refractivity contribution in [2.75, 3.05) is 11.8 Å². The summed E-state index contributed by atoms with van der Waals surface area (Å²) < 4.78 is 49.6. The van der Waals surface area contributed by atoms with Crippen LogP contribution in [0.3, 0.4) is 0 Å². The highest BCUT2D eigenvalue weighted by molar-refractivity contribution is 8.00. The van der Waals surface area contributed by atoms with Crippen LogP contribution in [0.25, 0.3) is 16.7 Å². The lowest BCUT2D eigenvalue weighted by atomic mass is 10.2. The summed E-state index contributed by atoms with van der Waals surface area (Å²) in [4.78, 5) is 4.94. The van der Waals surface area contributed by atoms with Crippen LogP contribution in [0.1, 0.15) is 5.56 Å². The van der Waals surface area contributed by atoms with Crippen molar-refractivity contribution in [2.24, 2.45) is 7.05 Å². The first-order chi connectivity index (χ1) is 13.8. The number of ether oxygens (including phenoxy) is 1. The van der Waals surface area contributed by atoms with Crippen LogP contribution < -0.4 is 9.46 Å². The summed E-state index contributed by atoms with van der Waals surface area (Å²) in [5.74, 6) is 0.929. The minimum Gasteiger partial charge on any atom is -0.494 e. The van der Waals surface area contributed by atoms with Crippen LogP contribution in [-0.4, -0.2) is 31.7 Å². The highest BCUT2D eigenvalue weighted by Crippen LogP contribution is 2.35. The molecule has 11 heteroatoms. The van der Waals surface area contributed by atoms with E-state index in [0.717, 1.165) is 38.6 Å². The van der Waals surface area contributed by atoms with Crippen LogP contribution in [0.2, 0.25) is 0 Å². The topological polar surface area (TPSA) is 69.8 Å². The van der Waals surface area contributed by atoms with Gasteiger partial charge in [0, 0.05) is 35.9 Å². The second-order valence-corrected chi connectivity index (χ2v) is 6.99. The average molecular weight is 420 g/mol. The molecule has 0 saturated carbocycles. The highest BCUT2D eigenvalue weighted by Gasteiger charge is 2.32. The molecule has 1 aromatic carbocycles. The number of nitrogens with one attached hydrogen (secondary N) is 1. The molecule has 0 saturated heterocycles. The van der Waals surface area contributed by atoms with E-state index in [-0.39, 0.29) is 5.82 Å². The van der Waals surface area contributed by atoms with Gasteiger partial charge in [-0.1, -0.05) is 0 Å². The molecule has 0 amide bonds. The molecule has 7 nitrogen and oxygen atoms in total. The number of benzene rings is 1. The Morgan fingerprint density at radius 2 is 1.93 bits per heavy atom. The molecule has 0 aliphatic heterocycles. The Morgan fingerprint density at radius 3 is 2.59 bits per heavy atom. The van der Waals surface area contributed by atoms with Crippen LogP contribution >= 0.6 is 11.9 Å². The van der Waals surface area contributed by atoms with Crippen molar-refractivity contribution in [1.82, 2.24) is 24.5 Å². The van der Waals surface area contributed by atoms with Gasteiger partial charge in [0.25, 0.3) is 0 Å². The number of anilines is 1. The van der Waals surface area contributed by atoms with Gasteiger partial charge in [-0.15, -0.1) is 0 Å². The van der Waals surface area contributed by atoms with Gasteiger partial charge in [0.15, 0.2) is 5.82 Å². The number of fused-ring (bicyclic) bond motifs is 1. The highest BCUT2D eigenvalue weighted by atomic mass is 32.2. The van der Waals surface area contributed by atoms with Crippen LogP contribution in [0.4, 0.5) is 18.9 Å². The fourth-order valence-corrected chi connectivity index (χ4v) is 3.39. The van der Waals surface area contributed by atoms with Crippen molar-refractivity contribution in [3.63, 3.8) is 0 Å². The first kappa shape index (κ1) is 19.1. The van der Waals surface area contributed by atoms with E-state index < -0.39 is 11.7 Å². The number of hydrogen-bond donors (Lipinski definition) is 1. The fourth-order valence-electron chi connectivity index (χ4n) is 2.73. The Hall–Kier alpha value is -3.21. The van der Waals surface area contributed by atoms with E-state index in [4.69, 9.17) is 4.74 Å². The summed E-state index contributed by atoms with van der Waals surface area (Å²) in [6.45, 7) is 0. The van der Waals surface area contributed by atoms with Crippen LogP contribution in [0, 0.1) is 0 Å². The molecule has 0 aliphatic carbocycles. The third-order valence-corrected chi connectivity index (χ3v) is 4.89. The lowest BCUT2D eigenvalue weighted by Crippen LogP contribution is -2.03. The maximum absolute atomic E-state index is 12.7. The third-order valence-electron chi connectivity index (χ3n) is 4.11. The SMILES string of the molecule is COc1ccc2cn(C)nc2c1NSc1ccc(-n2cc(C(F)(F)F)cn2)nc1. The van der Waals surface area contributed by atoms with E-state index in [1.807, 2.05) is 25.4 Å². The van der Waals surface area contributed by atoms with Gasteiger partial charge < -0.3 is 9.46 Å². The van der Waals surface area contributed by atoms with Gasteiger partial charge in [-0.2, -0.15) is 23.4 Å². The predicted octanol–water partition coefficient (Wildman–Crippen LogP) is 4.30. The fraction of sp³-hybridized carbons (Fsp3) is 0.167. The van der Waals surface area contributed by atoms with E-state index in [2.05, 4.69) is 19.9 Å². The third kappa shape index (κ3) is 3.86. The maximum Gasteiger partial charge on any atom is 0.419 e. The predicted molar refractivity (Wildman–Crippen MR) is 103 cm³/mol. The second-order valence-electron chi connectivity index (χ2n) is 6.11. The smallest absolute Gasteiger partial charge is 0.419 e. The van der Waals surface area contributed by atoms with Crippen molar-refractivity contribution < 1.29 is 17.9 Å². The molecule has 0 bridgehead atoms. The van der Waals surface area contributed by atoms with Gasteiger partial charge in [0.05, 0.1) is 18.9 Å². The second kappa shape index (κ2) is 7.32. The minimum atomic E-state index is -4.44. The van der Waals surface area contributed by atoms with Gasteiger partial charge >= 0.3 is 6.18 Å². The Balaban J connectivity index is 1.53. The zero-order valence-corrected chi connectivity index (χ0v) is 16.1. The minimum absolute atomic E-state index is 0.286. The molecule has 0 spiro atoms. The van der Waals surface area contributed by atoms with Crippen LogP contribution in [0.5, 0.6) is 5.75 Å². The van der Waals surface area contributed by atoms with Gasteiger partial charge in [-0.3, -0.25) is 4.68 Å². The van der Waals surface area contributed by atoms with Gasteiger partial charge in [0.1, 0.15) is 17.0 Å². The molecule has 0 fully saturated rings. The summed E-state index contributed by atoms with van der Waals surface area (Å²) in [5, 5.41) is 9.13. The van der Waals surface area contributed by atoms with E-state index in [9.17, 15) is 13.2 Å². The number of nitrogens with zero attached hydrogens (tertiary/aromatic N) is 5. The Labute approximate surface area is 167 Å². The maximum atomic E-state index is 12.7. The number of rotatable bonds is 5. The van der Waals surface area contributed by atoms with Crippen LogP contribution in [0.15, 0.2) is 53.9 Å². The summed E-state index contributed by atoms with van der Waals surface area (Å²) in [6, 6.07) is 7.10. The molecule has 0 aliphatic rings. The Morgan fingerprint density at radius 1 is 1.10 bits per heavy atom. The lowest BCUT2D eigenvalue weighted by molar-refractivity contribution is -0.137.